The van der Waals surface area contributed by atoms with Gasteiger partial charge in [0.15, 0.2) is 5.96 Å². The minimum Gasteiger partial charge on any atom is -0.457 e. The zero-order valence-electron chi connectivity index (χ0n) is 23.6. The SMILES string of the molecule is CC(C)(C)OC[C@H](CO)NC(=O)CC[C@@H](C1CCCCC1)N1Cc2cc(Oc3ccccc3)ccc2N=C1N. The fraction of sp³-hybridized carbons (Fsp3) is 0.548. The van der Waals surface area contributed by atoms with Crippen molar-refractivity contribution in [3.8, 4) is 11.5 Å². The normalized spacial score (nSPS) is 17.6. The molecule has 1 aliphatic carbocycles. The van der Waals surface area contributed by atoms with E-state index in [0.717, 1.165) is 35.6 Å². The molecule has 1 fully saturated rings. The molecular formula is C31H44N4O4. The Hall–Kier alpha value is -3.10. The van der Waals surface area contributed by atoms with Gasteiger partial charge in [-0.3, -0.25) is 4.79 Å². The number of aliphatic hydroxyl groups excluding tert-OH is 1. The second-order valence-electron chi connectivity index (χ2n) is 11.7. The molecular weight excluding hydrogens is 492 g/mol. The number of benzene rings is 2. The second-order valence-corrected chi connectivity index (χ2v) is 11.7. The van der Waals surface area contributed by atoms with Gasteiger partial charge < -0.3 is 30.5 Å². The maximum absolute atomic E-state index is 12.9. The molecule has 0 unspecified atom stereocenters. The predicted molar refractivity (Wildman–Crippen MR) is 154 cm³/mol. The quantitative estimate of drug-likeness (QED) is 0.361. The Kier molecular flexibility index (Phi) is 9.86. The van der Waals surface area contributed by atoms with Gasteiger partial charge in [-0.15, -0.1) is 0 Å². The number of hydrogen-bond donors (Lipinski definition) is 3. The van der Waals surface area contributed by atoms with Gasteiger partial charge in [0.2, 0.25) is 5.91 Å². The maximum atomic E-state index is 12.9. The number of aliphatic hydroxyl groups is 1. The van der Waals surface area contributed by atoms with E-state index >= 15 is 0 Å². The van der Waals surface area contributed by atoms with E-state index in [1.165, 1.54) is 19.3 Å². The van der Waals surface area contributed by atoms with Crippen LogP contribution >= 0.6 is 0 Å². The third-order valence-electron chi connectivity index (χ3n) is 7.46. The van der Waals surface area contributed by atoms with Crippen molar-refractivity contribution in [2.75, 3.05) is 13.2 Å². The van der Waals surface area contributed by atoms with E-state index in [1.54, 1.807) is 0 Å². The highest BCUT2D eigenvalue weighted by atomic mass is 16.5. The van der Waals surface area contributed by atoms with Crippen LogP contribution in [-0.4, -0.2) is 52.8 Å². The van der Waals surface area contributed by atoms with Gasteiger partial charge in [0.1, 0.15) is 11.5 Å². The van der Waals surface area contributed by atoms with Gasteiger partial charge in [0.25, 0.3) is 0 Å². The van der Waals surface area contributed by atoms with Crippen molar-refractivity contribution in [3.63, 3.8) is 0 Å². The molecule has 4 N–H and O–H groups in total. The van der Waals surface area contributed by atoms with Crippen molar-refractivity contribution in [1.29, 1.82) is 0 Å². The summed E-state index contributed by atoms with van der Waals surface area (Å²) in [6, 6.07) is 15.3. The van der Waals surface area contributed by atoms with Gasteiger partial charge in [-0.25, -0.2) is 4.99 Å². The van der Waals surface area contributed by atoms with Crippen LogP contribution in [0, 0.1) is 5.92 Å². The molecule has 212 valence electrons. The lowest BCUT2D eigenvalue weighted by Crippen LogP contribution is -2.50. The van der Waals surface area contributed by atoms with E-state index in [2.05, 4.69) is 10.2 Å². The Labute approximate surface area is 232 Å². The Morgan fingerprint density at radius 2 is 1.87 bits per heavy atom. The monoisotopic (exact) mass is 536 g/mol. The number of nitrogens with two attached hydrogens (primary N) is 1. The molecule has 8 heteroatoms. The number of nitrogens with one attached hydrogen (secondary N) is 1. The third-order valence-corrected chi connectivity index (χ3v) is 7.46. The fourth-order valence-electron chi connectivity index (χ4n) is 5.46. The van der Waals surface area contributed by atoms with Crippen LogP contribution in [-0.2, 0) is 16.1 Å². The van der Waals surface area contributed by atoms with Crippen molar-refractivity contribution in [2.45, 2.75) is 89.9 Å². The van der Waals surface area contributed by atoms with Crippen molar-refractivity contribution in [2.24, 2.45) is 16.6 Å². The van der Waals surface area contributed by atoms with Crippen LogP contribution in [0.25, 0.3) is 0 Å². The molecule has 39 heavy (non-hydrogen) atoms. The predicted octanol–water partition coefficient (Wildman–Crippen LogP) is 5.26. The van der Waals surface area contributed by atoms with E-state index in [-0.39, 0.29) is 30.8 Å². The maximum Gasteiger partial charge on any atom is 0.220 e. The molecule has 2 atom stereocenters. The number of nitrogens with zero attached hydrogens (tertiary/aromatic N) is 2. The molecule has 1 heterocycles. The molecule has 2 aromatic carbocycles. The lowest BCUT2D eigenvalue weighted by atomic mass is 9.81. The highest BCUT2D eigenvalue weighted by molar-refractivity contribution is 5.84. The summed E-state index contributed by atoms with van der Waals surface area (Å²) in [7, 11) is 0. The first kappa shape index (κ1) is 28.9. The summed E-state index contributed by atoms with van der Waals surface area (Å²) >= 11 is 0. The van der Waals surface area contributed by atoms with E-state index in [0.29, 0.717) is 31.3 Å². The number of aliphatic imine (C=N–C) groups is 1. The average molecular weight is 537 g/mol. The molecule has 0 bridgehead atoms. The summed E-state index contributed by atoms with van der Waals surface area (Å²) < 4.78 is 11.8. The van der Waals surface area contributed by atoms with E-state index < -0.39 is 6.04 Å². The number of ether oxygens (including phenoxy) is 2. The smallest absolute Gasteiger partial charge is 0.220 e. The number of carbonyl (C=O) groups excluding carboxylic acids is 1. The zero-order valence-corrected chi connectivity index (χ0v) is 23.6. The highest BCUT2D eigenvalue weighted by Crippen LogP contribution is 2.36. The third kappa shape index (κ3) is 8.44. The van der Waals surface area contributed by atoms with Crippen molar-refractivity contribution in [3.05, 3.63) is 54.1 Å². The number of amides is 1. The Morgan fingerprint density at radius 1 is 1.13 bits per heavy atom. The van der Waals surface area contributed by atoms with Crippen LogP contribution < -0.4 is 15.8 Å². The number of guanidine groups is 1. The first-order chi connectivity index (χ1) is 18.7. The van der Waals surface area contributed by atoms with Gasteiger partial charge in [0.05, 0.1) is 30.5 Å². The largest absolute Gasteiger partial charge is 0.457 e. The summed E-state index contributed by atoms with van der Waals surface area (Å²) in [4.78, 5) is 19.9. The number of para-hydroxylation sites is 1. The Bertz CT molecular complexity index is 1110. The molecule has 8 nitrogen and oxygen atoms in total. The Balaban J connectivity index is 1.45. The summed E-state index contributed by atoms with van der Waals surface area (Å²) in [5, 5.41) is 12.7. The summed E-state index contributed by atoms with van der Waals surface area (Å²) in [5.41, 5.74) is 8.12. The Morgan fingerprint density at radius 3 is 2.56 bits per heavy atom. The summed E-state index contributed by atoms with van der Waals surface area (Å²) in [5.74, 6) is 2.41. The first-order valence-corrected chi connectivity index (χ1v) is 14.2. The van der Waals surface area contributed by atoms with E-state index in [4.69, 9.17) is 20.2 Å². The number of carbonyl (C=O) groups is 1. The molecule has 0 saturated heterocycles. The summed E-state index contributed by atoms with van der Waals surface area (Å²) in [6.07, 6.45) is 6.91. The molecule has 0 radical (unpaired) electrons. The molecule has 1 aliphatic heterocycles. The molecule has 1 amide bonds. The number of hydrogen-bond acceptors (Lipinski definition) is 7. The number of fused-ring (bicyclic) bond motifs is 1. The van der Waals surface area contributed by atoms with Crippen LogP contribution in [0.5, 0.6) is 11.5 Å². The van der Waals surface area contributed by atoms with Crippen molar-refractivity contribution in [1.82, 2.24) is 10.2 Å². The molecule has 2 aliphatic rings. The molecule has 4 rings (SSSR count). The lowest BCUT2D eigenvalue weighted by Gasteiger charge is -2.41. The topological polar surface area (TPSA) is 109 Å². The van der Waals surface area contributed by atoms with Crippen molar-refractivity contribution >= 4 is 17.6 Å². The molecule has 2 aromatic rings. The fourth-order valence-corrected chi connectivity index (χ4v) is 5.46. The minimum atomic E-state index is -0.429. The van der Waals surface area contributed by atoms with Crippen LogP contribution in [0.3, 0.4) is 0 Å². The minimum absolute atomic E-state index is 0.0844. The van der Waals surface area contributed by atoms with Gasteiger partial charge in [-0.1, -0.05) is 37.5 Å². The summed E-state index contributed by atoms with van der Waals surface area (Å²) in [6.45, 7) is 6.60. The highest BCUT2D eigenvalue weighted by Gasteiger charge is 2.33. The van der Waals surface area contributed by atoms with Crippen molar-refractivity contribution < 1.29 is 19.4 Å². The van der Waals surface area contributed by atoms with Gasteiger partial charge in [-0.2, -0.15) is 0 Å². The molecule has 1 saturated carbocycles. The standard InChI is InChI=1S/C31H44N4O4/c1-31(2,3)38-21-24(20-36)33-29(37)17-16-28(22-10-6-4-7-11-22)35-19-23-18-26(14-15-27(23)34-30(35)32)39-25-12-8-5-9-13-25/h5,8-9,12-15,18,22,24,28,36H,4,6-7,10-11,16-17,19-21H2,1-3H3,(H2,32,34)(H,33,37)/t24-,28-/m0/s1. The van der Waals surface area contributed by atoms with E-state index in [1.807, 2.05) is 69.3 Å². The van der Waals surface area contributed by atoms with Gasteiger partial charge in [0, 0.05) is 24.6 Å². The van der Waals surface area contributed by atoms with Crippen LogP contribution in [0.2, 0.25) is 0 Å². The van der Waals surface area contributed by atoms with Crippen LogP contribution in [0.1, 0.15) is 71.3 Å². The van der Waals surface area contributed by atoms with Gasteiger partial charge >= 0.3 is 0 Å². The molecule has 0 spiro atoms. The van der Waals surface area contributed by atoms with E-state index in [9.17, 15) is 9.90 Å². The van der Waals surface area contributed by atoms with Crippen LogP contribution in [0.15, 0.2) is 53.5 Å². The second kappa shape index (κ2) is 13.3. The molecule has 0 aromatic heterocycles. The first-order valence-electron chi connectivity index (χ1n) is 14.2. The zero-order chi connectivity index (χ0) is 27.8. The average Bonchev–Trinajstić information content (AvgIpc) is 2.92. The van der Waals surface area contributed by atoms with Crippen LogP contribution in [0.4, 0.5) is 5.69 Å². The van der Waals surface area contributed by atoms with Gasteiger partial charge in [-0.05, 0) is 76.3 Å². The number of rotatable bonds is 11. The lowest BCUT2D eigenvalue weighted by molar-refractivity contribution is -0.123.